The van der Waals surface area contributed by atoms with Gasteiger partial charge in [0.05, 0.1) is 0 Å². The molecule has 2 aliphatic rings. The zero-order valence-corrected chi connectivity index (χ0v) is 16.0. The normalized spacial score (nSPS) is 21.5. The zero-order valence-electron chi connectivity index (χ0n) is 16.0. The summed E-state index contributed by atoms with van der Waals surface area (Å²) in [5.41, 5.74) is -0.480. The molecule has 1 atom stereocenters. The first-order chi connectivity index (χ1) is 12.4. The molecule has 1 saturated heterocycles. The number of carbonyl (C=O) groups is 1. The van der Waals surface area contributed by atoms with Crippen LogP contribution in [-0.2, 0) is 4.74 Å². The molecule has 1 unspecified atom stereocenters. The van der Waals surface area contributed by atoms with Gasteiger partial charge in [-0.3, -0.25) is 0 Å². The number of hydrogen-bond donors (Lipinski definition) is 1. The maximum absolute atomic E-state index is 12.3. The van der Waals surface area contributed by atoms with Crippen LogP contribution in [0.4, 0.5) is 10.7 Å². The molecule has 3 rings (SSSR count). The van der Waals surface area contributed by atoms with Crippen LogP contribution < -0.4 is 10.1 Å². The first kappa shape index (κ1) is 18.7. The van der Waals surface area contributed by atoms with E-state index in [1.54, 1.807) is 17.2 Å². The van der Waals surface area contributed by atoms with Gasteiger partial charge in [0, 0.05) is 31.4 Å². The summed E-state index contributed by atoms with van der Waals surface area (Å²) < 4.78 is 11.4. The molecule has 7 heteroatoms. The van der Waals surface area contributed by atoms with E-state index in [9.17, 15) is 4.79 Å². The Kier molecular flexibility index (Phi) is 5.84. The Morgan fingerprint density at radius 2 is 2.00 bits per heavy atom. The number of nitrogens with zero attached hydrogens (tertiary/aromatic N) is 3. The number of piperidine rings is 1. The van der Waals surface area contributed by atoms with Gasteiger partial charge in [-0.15, -0.1) is 0 Å². The SMILES string of the molecule is CC(C)(C)OC(=O)N1CCCC(Nc2nccc(OC3CCCC3)n2)C1. The number of nitrogens with one attached hydrogen (secondary N) is 1. The number of amides is 1. The maximum atomic E-state index is 12.3. The van der Waals surface area contributed by atoms with Gasteiger partial charge in [-0.1, -0.05) is 0 Å². The fraction of sp³-hybridized carbons (Fsp3) is 0.737. The third-order valence-corrected chi connectivity index (χ3v) is 4.63. The zero-order chi connectivity index (χ0) is 18.6. The highest BCUT2D eigenvalue weighted by atomic mass is 16.6. The largest absolute Gasteiger partial charge is 0.474 e. The van der Waals surface area contributed by atoms with Gasteiger partial charge < -0.3 is 19.7 Å². The molecule has 1 aliphatic heterocycles. The van der Waals surface area contributed by atoms with E-state index in [1.807, 2.05) is 20.8 Å². The fourth-order valence-corrected chi connectivity index (χ4v) is 3.42. The minimum absolute atomic E-state index is 0.109. The summed E-state index contributed by atoms with van der Waals surface area (Å²) in [4.78, 5) is 22.8. The lowest BCUT2D eigenvalue weighted by Crippen LogP contribution is -2.47. The Hall–Kier alpha value is -2.05. The van der Waals surface area contributed by atoms with E-state index in [1.165, 1.54) is 12.8 Å². The van der Waals surface area contributed by atoms with Gasteiger partial charge in [0.25, 0.3) is 0 Å². The van der Waals surface area contributed by atoms with E-state index in [0.29, 0.717) is 18.4 Å². The number of ether oxygens (including phenoxy) is 2. The standard InChI is InChI=1S/C19H30N4O3/c1-19(2,3)26-18(24)23-12-6-7-14(13-23)21-17-20-11-10-16(22-17)25-15-8-4-5-9-15/h10-11,14-15H,4-9,12-13H2,1-3H3,(H,20,21,22). The number of hydrogen-bond acceptors (Lipinski definition) is 6. The lowest BCUT2D eigenvalue weighted by Gasteiger charge is -2.34. The Balaban J connectivity index is 1.55. The minimum Gasteiger partial charge on any atom is -0.474 e. The molecule has 0 bridgehead atoms. The monoisotopic (exact) mass is 362 g/mol. The molecule has 2 heterocycles. The van der Waals surface area contributed by atoms with Crippen LogP contribution >= 0.6 is 0 Å². The highest BCUT2D eigenvalue weighted by Gasteiger charge is 2.28. The molecular formula is C19H30N4O3. The van der Waals surface area contributed by atoms with Crippen LogP contribution in [0.5, 0.6) is 5.88 Å². The summed E-state index contributed by atoms with van der Waals surface area (Å²) in [6, 6.07) is 1.91. The molecule has 7 nitrogen and oxygen atoms in total. The molecule has 1 aromatic rings. The van der Waals surface area contributed by atoms with Crippen LogP contribution in [0.25, 0.3) is 0 Å². The number of anilines is 1. The Morgan fingerprint density at radius 3 is 2.73 bits per heavy atom. The molecule has 1 amide bonds. The summed E-state index contributed by atoms with van der Waals surface area (Å²) in [6.45, 7) is 6.96. The quantitative estimate of drug-likeness (QED) is 0.882. The van der Waals surface area contributed by atoms with E-state index in [4.69, 9.17) is 9.47 Å². The van der Waals surface area contributed by atoms with Crippen molar-refractivity contribution in [1.29, 1.82) is 0 Å². The topological polar surface area (TPSA) is 76.6 Å². The number of carbonyl (C=O) groups excluding carboxylic acids is 1. The van der Waals surface area contributed by atoms with Crippen molar-refractivity contribution in [2.24, 2.45) is 0 Å². The van der Waals surface area contributed by atoms with E-state index in [0.717, 1.165) is 32.2 Å². The first-order valence-electron chi connectivity index (χ1n) is 9.63. The van der Waals surface area contributed by atoms with E-state index in [2.05, 4.69) is 15.3 Å². The molecule has 144 valence electrons. The summed E-state index contributed by atoms with van der Waals surface area (Å²) >= 11 is 0. The molecule has 0 aromatic carbocycles. The highest BCUT2D eigenvalue weighted by Crippen LogP contribution is 2.23. The Morgan fingerprint density at radius 1 is 1.23 bits per heavy atom. The lowest BCUT2D eigenvalue weighted by molar-refractivity contribution is 0.0206. The highest BCUT2D eigenvalue weighted by molar-refractivity contribution is 5.68. The van der Waals surface area contributed by atoms with Gasteiger partial charge >= 0.3 is 6.09 Å². The van der Waals surface area contributed by atoms with E-state index in [-0.39, 0.29) is 18.2 Å². The van der Waals surface area contributed by atoms with Crippen LogP contribution in [0.15, 0.2) is 12.3 Å². The van der Waals surface area contributed by atoms with Crippen LogP contribution in [0.2, 0.25) is 0 Å². The van der Waals surface area contributed by atoms with Gasteiger partial charge in [-0.25, -0.2) is 9.78 Å². The third-order valence-electron chi connectivity index (χ3n) is 4.63. The fourth-order valence-electron chi connectivity index (χ4n) is 3.42. The summed E-state index contributed by atoms with van der Waals surface area (Å²) in [7, 11) is 0. The summed E-state index contributed by atoms with van der Waals surface area (Å²) in [5, 5.41) is 3.34. The maximum Gasteiger partial charge on any atom is 0.410 e. The Labute approximate surface area is 155 Å². The lowest BCUT2D eigenvalue weighted by atomic mass is 10.1. The van der Waals surface area contributed by atoms with Crippen LogP contribution in [0.3, 0.4) is 0 Å². The van der Waals surface area contributed by atoms with Crippen molar-refractivity contribution in [2.75, 3.05) is 18.4 Å². The van der Waals surface area contributed by atoms with Crippen molar-refractivity contribution in [3.05, 3.63) is 12.3 Å². The van der Waals surface area contributed by atoms with Crippen LogP contribution in [-0.4, -0.2) is 51.8 Å². The van der Waals surface area contributed by atoms with Crippen LogP contribution in [0, 0.1) is 0 Å². The second kappa shape index (κ2) is 8.10. The molecule has 2 fully saturated rings. The van der Waals surface area contributed by atoms with Gasteiger partial charge in [0.1, 0.15) is 11.7 Å². The smallest absolute Gasteiger partial charge is 0.410 e. The number of aromatic nitrogens is 2. The Bertz CT molecular complexity index is 611. The van der Waals surface area contributed by atoms with E-state index >= 15 is 0 Å². The summed E-state index contributed by atoms with van der Waals surface area (Å²) in [5.74, 6) is 1.17. The molecule has 1 aromatic heterocycles. The molecule has 0 radical (unpaired) electrons. The third kappa shape index (κ3) is 5.47. The minimum atomic E-state index is -0.480. The number of rotatable bonds is 4. The predicted molar refractivity (Wildman–Crippen MR) is 99.4 cm³/mol. The second-order valence-electron chi connectivity index (χ2n) is 8.15. The molecule has 1 saturated carbocycles. The first-order valence-corrected chi connectivity index (χ1v) is 9.63. The molecule has 26 heavy (non-hydrogen) atoms. The molecule has 1 aliphatic carbocycles. The predicted octanol–water partition coefficient (Wildman–Crippen LogP) is 3.61. The van der Waals surface area contributed by atoms with Crippen molar-refractivity contribution >= 4 is 12.0 Å². The molecule has 1 N–H and O–H groups in total. The van der Waals surface area contributed by atoms with Crippen molar-refractivity contribution in [2.45, 2.75) is 77.0 Å². The average molecular weight is 362 g/mol. The van der Waals surface area contributed by atoms with Crippen molar-refractivity contribution in [1.82, 2.24) is 14.9 Å². The van der Waals surface area contributed by atoms with Gasteiger partial charge in [0.15, 0.2) is 0 Å². The van der Waals surface area contributed by atoms with Crippen molar-refractivity contribution in [3.63, 3.8) is 0 Å². The van der Waals surface area contributed by atoms with Gasteiger partial charge in [0.2, 0.25) is 11.8 Å². The van der Waals surface area contributed by atoms with Crippen LogP contribution in [0.1, 0.15) is 59.3 Å². The van der Waals surface area contributed by atoms with Crippen molar-refractivity contribution < 1.29 is 14.3 Å². The average Bonchev–Trinajstić information content (AvgIpc) is 3.07. The molecular weight excluding hydrogens is 332 g/mol. The summed E-state index contributed by atoms with van der Waals surface area (Å²) in [6.07, 6.45) is 8.27. The molecule has 0 spiro atoms. The number of likely N-dealkylation sites (tertiary alicyclic amines) is 1. The van der Waals surface area contributed by atoms with Crippen molar-refractivity contribution in [3.8, 4) is 5.88 Å². The van der Waals surface area contributed by atoms with E-state index < -0.39 is 5.60 Å². The second-order valence-corrected chi connectivity index (χ2v) is 8.15. The van der Waals surface area contributed by atoms with Gasteiger partial charge in [-0.05, 0) is 59.3 Å². The van der Waals surface area contributed by atoms with Gasteiger partial charge in [-0.2, -0.15) is 4.98 Å².